The van der Waals surface area contributed by atoms with Gasteiger partial charge in [-0.05, 0) is 24.6 Å². The second-order valence-electron chi connectivity index (χ2n) is 6.09. The molecule has 0 atom stereocenters. The summed E-state index contributed by atoms with van der Waals surface area (Å²) < 4.78 is 21.7. The molecule has 4 nitrogen and oxygen atoms in total. The van der Waals surface area contributed by atoms with Gasteiger partial charge in [-0.15, -0.1) is 0 Å². The Morgan fingerprint density at radius 3 is 2.77 bits per heavy atom. The Morgan fingerprint density at radius 1 is 1.23 bits per heavy atom. The van der Waals surface area contributed by atoms with E-state index in [2.05, 4.69) is 17.9 Å². The molecule has 3 rings (SSSR count). The van der Waals surface area contributed by atoms with Crippen molar-refractivity contribution < 1.29 is 8.81 Å². The van der Waals surface area contributed by atoms with E-state index in [0.717, 1.165) is 18.7 Å². The van der Waals surface area contributed by atoms with Crippen molar-refractivity contribution in [3.05, 3.63) is 71.2 Å². The van der Waals surface area contributed by atoms with E-state index in [4.69, 9.17) is 16.0 Å². The molecule has 0 fully saturated rings. The Balaban J connectivity index is 1.87. The first-order chi connectivity index (χ1) is 12.6. The van der Waals surface area contributed by atoms with E-state index in [1.54, 1.807) is 30.8 Å². The zero-order chi connectivity index (χ0) is 18.5. The van der Waals surface area contributed by atoms with Crippen LogP contribution in [-0.4, -0.2) is 16.0 Å². The number of nitriles is 1. The first-order valence-electron chi connectivity index (χ1n) is 8.41. The summed E-state index contributed by atoms with van der Waals surface area (Å²) >= 11 is 5.89. The Morgan fingerprint density at radius 2 is 2.08 bits per heavy atom. The minimum atomic E-state index is -0.510. The summed E-state index contributed by atoms with van der Waals surface area (Å²) in [5.74, 6) is 0.372. The molecule has 0 bridgehead atoms. The molecule has 26 heavy (non-hydrogen) atoms. The van der Waals surface area contributed by atoms with Crippen molar-refractivity contribution in [1.29, 1.82) is 5.26 Å². The monoisotopic (exact) mass is 371 g/mol. The molecule has 6 heteroatoms. The fourth-order valence-electron chi connectivity index (χ4n) is 2.98. The normalized spacial score (nSPS) is 11.0. The average molecular weight is 372 g/mol. The number of benzene rings is 1. The van der Waals surface area contributed by atoms with Crippen LogP contribution in [0.1, 0.15) is 24.7 Å². The summed E-state index contributed by atoms with van der Waals surface area (Å²) in [5, 5.41) is 9.50. The van der Waals surface area contributed by atoms with Crippen LogP contribution in [0.5, 0.6) is 0 Å². The summed E-state index contributed by atoms with van der Waals surface area (Å²) in [5.41, 5.74) is 1.29. The lowest BCUT2D eigenvalue weighted by Crippen LogP contribution is -2.26. The van der Waals surface area contributed by atoms with Gasteiger partial charge in [-0.2, -0.15) is 5.26 Å². The smallest absolute Gasteiger partial charge is 0.149 e. The first-order valence-corrected chi connectivity index (χ1v) is 8.79. The second-order valence-corrected chi connectivity index (χ2v) is 6.49. The quantitative estimate of drug-likeness (QED) is 0.567. The highest BCUT2D eigenvalue weighted by molar-refractivity contribution is 6.31. The van der Waals surface area contributed by atoms with Gasteiger partial charge in [-0.3, -0.25) is 4.90 Å². The average Bonchev–Trinajstić information content (AvgIpc) is 3.27. The van der Waals surface area contributed by atoms with E-state index in [1.807, 2.05) is 16.7 Å². The van der Waals surface area contributed by atoms with Gasteiger partial charge in [0.05, 0.1) is 30.1 Å². The molecule has 0 aliphatic carbocycles. The van der Waals surface area contributed by atoms with Crippen molar-refractivity contribution in [3.8, 4) is 17.2 Å². The van der Waals surface area contributed by atoms with Gasteiger partial charge in [0.2, 0.25) is 0 Å². The van der Waals surface area contributed by atoms with E-state index in [9.17, 15) is 9.65 Å². The number of hydrogen-bond acceptors (Lipinski definition) is 3. The Bertz CT molecular complexity index is 912. The zero-order valence-corrected chi connectivity index (χ0v) is 15.2. The highest BCUT2D eigenvalue weighted by atomic mass is 35.5. The van der Waals surface area contributed by atoms with Crippen LogP contribution in [0, 0.1) is 17.1 Å². The van der Waals surface area contributed by atoms with Crippen molar-refractivity contribution in [2.75, 3.05) is 6.54 Å². The molecule has 0 saturated heterocycles. The summed E-state index contributed by atoms with van der Waals surface area (Å²) in [6, 6.07) is 10.8. The molecular formula is C20H19ClFN3O. The molecule has 0 unspecified atom stereocenters. The minimum Gasteiger partial charge on any atom is -0.468 e. The van der Waals surface area contributed by atoms with E-state index in [1.165, 1.54) is 6.07 Å². The molecule has 1 aromatic carbocycles. The number of halogens is 2. The predicted octanol–water partition coefficient (Wildman–Crippen LogP) is 5.28. The molecule has 2 heterocycles. The molecule has 0 spiro atoms. The lowest BCUT2D eigenvalue weighted by atomic mass is 10.1. The number of hydrogen-bond donors (Lipinski definition) is 0. The molecule has 2 aromatic heterocycles. The molecule has 3 aromatic rings. The highest BCUT2D eigenvalue weighted by Crippen LogP contribution is 2.30. The third-order valence-electron chi connectivity index (χ3n) is 4.10. The molecule has 0 saturated carbocycles. The van der Waals surface area contributed by atoms with Crippen LogP contribution < -0.4 is 0 Å². The topological polar surface area (TPSA) is 45.1 Å². The van der Waals surface area contributed by atoms with Crippen LogP contribution in [0.4, 0.5) is 4.39 Å². The first kappa shape index (κ1) is 18.2. The second kappa shape index (κ2) is 8.22. The van der Waals surface area contributed by atoms with E-state index in [-0.39, 0.29) is 5.02 Å². The number of aromatic nitrogens is 1. The zero-order valence-electron chi connectivity index (χ0n) is 14.5. The van der Waals surface area contributed by atoms with Gasteiger partial charge in [0.25, 0.3) is 0 Å². The van der Waals surface area contributed by atoms with Crippen LogP contribution in [0.2, 0.25) is 5.02 Å². The lowest BCUT2D eigenvalue weighted by Gasteiger charge is -2.21. The van der Waals surface area contributed by atoms with Gasteiger partial charge < -0.3 is 8.98 Å². The third kappa shape index (κ3) is 3.98. The number of rotatable bonds is 7. The maximum Gasteiger partial charge on any atom is 0.149 e. The lowest BCUT2D eigenvalue weighted by molar-refractivity contribution is 0.194. The predicted molar refractivity (Wildman–Crippen MR) is 99.0 cm³/mol. The maximum absolute atomic E-state index is 14.4. The van der Waals surface area contributed by atoms with Crippen molar-refractivity contribution in [1.82, 2.24) is 9.47 Å². The maximum atomic E-state index is 14.4. The highest BCUT2D eigenvalue weighted by Gasteiger charge is 2.16. The van der Waals surface area contributed by atoms with Crippen LogP contribution in [0.15, 0.2) is 53.4 Å². The molecule has 0 amide bonds. The van der Waals surface area contributed by atoms with Crippen molar-refractivity contribution in [3.63, 3.8) is 0 Å². The van der Waals surface area contributed by atoms with Gasteiger partial charge >= 0.3 is 0 Å². The van der Waals surface area contributed by atoms with Crippen LogP contribution in [-0.2, 0) is 13.2 Å². The molecule has 0 radical (unpaired) electrons. The summed E-state index contributed by atoms with van der Waals surface area (Å²) in [7, 11) is 0. The van der Waals surface area contributed by atoms with Gasteiger partial charge in [-0.1, -0.05) is 30.7 Å². The summed E-state index contributed by atoms with van der Waals surface area (Å²) in [6.07, 6.45) is 6.17. The summed E-state index contributed by atoms with van der Waals surface area (Å²) in [6.45, 7) is 4.23. The van der Waals surface area contributed by atoms with E-state index < -0.39 is 5.82 Å². The van der Waals surface area contributed by atoms with Crippen LogP contribution in [0.25, 0.3) is 11.1 Å². The fraction of sp³-hybridized carbons (Fsp3) is 0.250. The Hall–Kier alpha value is -2.55. The Labute approximate surface area is 157 Å². The molecule has 0 N–H and O–H groups in total. The van der Waals surface area contributed by atoms with Crippen LogP contribution >= 0.6 is 11.6 Å². The van der Waals surface area contributed by atoms with Crippen LogP contribution in [0.3, 0.4) is 0 Å². The Kier molecular flexibility index (Phi) is 5.77. The SMILES string of the molecule is CCCN(Cc1ccco1)Cn1cc(C#N)c(-c2cccc(Cl)c2F)c1. The van der Waals surface area contributed by atoms with Gasteiger partial charge in [-0.25, -0.2) is 4.39 Å². The number of furan rings is 1. The van der Waals surface area contributed by atoms with Gasteiger partial charge in [0.15, 0.2) is 0 Å². The molecule has 134 valence electrons. The largest absolute Gasteiger partial charge is 0.468 e. The van der Waals surface area contributed by atoms with Crippen molar-refractivity contribution in [2.45, 2.75) is 26.6 Å². The van der Waals surface area contributed by atoms with E-state index >= 15 is 0 Å². The van der Waals surface area contributed by atoms with Crippen molar-refractivity contribution >= 4 is 11.6 Å². The van der Waals surface area contributed by atoms with Gasteiger partial charge in [0.1, 0.15) is 17.6 Å². The summed E-state index contributed by atoms with van der Waals surface area (Å²) in [4.78, 5) is 2.21. The minimum absolute atomic E-state index is 0.0459. The molecular weight excluding hydrogens is 353 g/mol. The van der Waals surface area contributed by atoms with Gasteiger partial charge in [0, 0.05) is 30.1 Å². The third-order valence-corrected chi connectivity index (χ3v) is 4.40. The standard InChI is InChI=1S/C20H19ClFN3O/c1-2-8-24(12-16-5-4-9-26-16)14-25-11-15(10-23)18(13-25)17-6-3-7-19(21)20(17)22/h3-7,9,11,13H,2,8,12,14H2,1H3. The van der Waals surface area contributed by atoms with Crippen molar-refractivity contribution in [2.24, 2.45) is 0 Å². The molecule has 0 aliphatic rings. The number of nitrogens with zero attached hydrogens (tertiary/aromatic N) is 3. The van der Waals surface area contributed by atoms with E-state index in [0.29, 0.717) is 29.9 Å². The molecule has 0 aliphatic heterocycles. The fourth-order valence-corrected chi connectivity index (χ4v) is 3.15.